The van der Waals surface area contributed by atoms with Gasteiger partial charge in [0.2, 0.25) is 5.91 Å². The zero-order valence-corrected chi connectivity index (χ0v) is 19.1. The van der Waals surface area contributed by atoms with Gasteiger partial charge in [0.05, 0.1) is 18.3 Å². The van der Waals surface area contributed by atoms with Crippen LogP contribution in [0.15, 0.2) is 60.7 Å². The molecule has 3 aromatic rings. The number of esters is 1. The lowest BCUT2D eigenvalue weighted by atomic mass is 9.78. The number of nitrogens with one attached hydrogen (secondary N) is 1. The van der Waals surface area contributed by atoms with Crippen LogP contribution >= 0.6 is 0 Å². The van der Waals surface area contributed by atoms with Gasteiger partial charge in [0, 0.05) is 24.8 Å². The third-order valence-corrected chi connectivity index (χ3v) is 7.11. The van der Waals surface area contributed by atoms with Crippen LogP contribution < -0.4 is 0 Å². The molecule has 2 fully saturated rings. The third-order valence-electron chi connectivity index (χ3n) is 7.11. The molecule has 1 amide bonds. The number of hydrogen-bond acceptors (Lipinski definition) is 4. The molecule has 33 heavy (non-hydrogen) atoms. The number of ether oxygens (including phenoxy) is 2. The normalized spacial score (nSPS) is 25.8. The highest BCUT2D eigenvalue weighted by Gasteiger charge is 2.49. The molecule has 0 aliphatic carbocycles. The molecule has 0 spiro atoms. The number of aromatic amines is 1. The molecule has 0 saturated carbocycles. The Labute approximate surface area is 193 Å². The summed E-state index contributed by atoms with van der Waals surface area (Å²) in [5.41, 5.74) is 2.98. The number of rotatable bonds is 6. The number of carbonyl (C=O) groups is 2. The van der Waals surface area contributed by atoms with Crippen LogP contribution in [0.1, 0.15) is 56.5 Å². The standard InChI is InChI=1S/C27H30N2O4/c1-3-21-20(14-25(33-17(2)30)23-13-19-11-7-8-12-22(19)28-23)15-26(31)29-24(16-32-27(21)29)18-9-5-4-6-10-18/h4-13,20-21,24-25,27-28H,3,14-16H2,1-2H3/t20-,21-,24-,25+,27+/m0/s1. The molecule has 1 aromatic heterocycles. The van der Waals surface area contributed by atoms with Gasteiger partial charge in [-0.05, 0) is 41.8 Å². The van der Waals surface area contributed by atoms with Crippen molar-refractivity contribution in [1.82, 2.24) is 9.88 Å². The molecule has 5 atom stereocenters. The largest absolute Gasteiger partial charge is 0.456 e. The highest BCUT2D eigenvalue weighted by atomic mass is 16.5. The summed E-state index contributed by atoms with van der Waals surface area (Å²) in [6.45, 7) is 4.10. The Morgan fingerprint density at radius 2 is 1.94 bits per heavy atom. The second-order valence-electron chi connectivity index (χ2n) is 9.13. The van der Waals surface area contributed by atoms with Crippen molar-refractivity contribution < 1.29 is 19.1 Å². The summed E-state index contributed by atoms with van der Waals surface area (Å²) >= 11 is 0. The number of hydrogen-bond donors (Lipinski definition) is 1. The van der Waals surface area contributed by atoms with Gasteiger partial charge in [-0.3, -0.25) is 9.59 Å². The molecule has 2 aliphatic rings. The summed E-state index contributed by atoms with van der Waals surface area (Å²) in [5.74, 6) is 0.0314. The Balaban J connectivity index is 1.40. The molecule has 0 radical (unpaired) electrons. The maximum atomic E-state index is 13.3. The highest BCUT2D eigenvalue weighted by molar-refractivity contribution is 5.80. The predicted octanol–water partition coefficient (Wildman–Crippen LogP) is 5.13. The number of amides is 1. The summed E-state index contributed by atoms with van der Waals surface area (Å²) in [6.07, 6.45) is 1.23. The Kier molecular flexibility index (Phi) is 5.94. The highest BCUT2D eigenvalue weighted by Crippen LogP contribution is 2.45. The van der Waals surface area contributed by atoms with Crippen LogP contribution in [0.2, 0.25) is 0 Å². The maximum absolute atomic E-state index is 13.3. The van der Waals surface area contributed by atoms with Crippen LogP contribution in [0.5, 0.6) is 0 Å². The summed E-state index contributed by atoms with van der Waals surface area (Å²) in [7, 11) is 0. The van der Waals surface area contributed by atoms with E-state index in [-0.39, 0.29) is 36.0 Å². The Hall–Kier alpha value is -3.12. The van der Waals surface area contributed by atoms with Gasteiger partial charge in [-0.15, -0.1) is 0 Å². The fourth-order valence-corrected chi connectivity index (χ4v) is 5.60. The van der Waals surface area contributed by atoms with E-state index in [4.69, 9.17) is 9.47 Å². The summed E-state index contributed by atoms with van der Waals surface area (Å²) < 4.78 is 12.0. The van der Waals surface area contributed by atoms with Gasteiger partial charge in [-0.2, -0.15) is 0 Å². The van der Waals surface area contributed by atoms with E-state index in [9.17, 15) is 9.59 Å². The molecular formula is C27H30N2O4. The summed E-state index contributed by atoms with van der Waals surface area (Å²) in [4.78, 5) is 30.6. The van der Waals surface area contributed by atoms with Gasteiger partial charge < -0.3 is 19.4 Å². The van der Waals surface area contributed by atoms with Gasteiger partial charge in [0.15, 0.2) is 0 Å². The van der Waals surface area contributed by atoms with Crippen LogP contribution in [-0.4, -0.2) is 34.6 Å². The van der Waals surface area contributed by atoms with E-state index in [1.165, 1.54) is 6.92 Å². The molecule has 5 rings (SSSR count). The van der Waals surface area contributed by atoms with Crippen molar-refractivity contribution in [1.29, 1.82) is 0 Å². The maximum Gasteiger partial charge on any atom is 0.303 e. The zero-order chi connectivity index (χ0) is 22.9. The molecule has 2 aliphatic heterocycles. The fourth-order valence-electron chi connectivity index (χ4n) is 5.60. The van der Waals surface area contributed by atoms with Crippen molar-refractivity contribution in [2.75, 3.05) is 6.61 Å². The van der Waals surface area contributed by atoms with Gasteiger partial charge in [0.1, 0.15) is 12.3 Å². The SMILES string of the molecule is CC[C@H]1[C@@H](C[C@@H](OC(C)=O)c2cc3ccccc3[nH]2)CC(=O)N2[C@@H]1OC[C@H]2c1ccccc1. The Morgan fingerprint density at radius 1 is 1.18 bits per heavy atom. The minimum Gasteiger partial charge on any atom is -0.456 e. The predicted molar refractivity (Wildman–Crippen MR) is 125 cm³/mol. The van der Waals surface area contributed by atoms with Crippen LogP contribution in [0.3, 0.4) is 0 Å². The number of H-pyrrole nitrogens is 1. The lowest BCUT2D eigenvalue weighted by molar-refractivity contribution is -0.157. The number of para-hydroxylation sites is 1. The first kappa shape index (κ1) is 21.7. The van der Waals surface area contributed by atoms with E-state index in [1.807, 2.05) is 53.4 Å². The number of fused-ring (bicyclic) bond motifs is 2. The van der Waals surface area contributed by atoms with Gasteiger partial charge >= 0.3 is 5.97 Å². The van der Waals surface area contributed by atoms with Crippen LogP contribution in [0.4, 0.5) is 0 Å². The number of benzene rings is 2. The van der Waals surface area contributed by atoms with Crippen molar-refractivity contribution in [3.8, 4) is 0 Å². The van der Waals surface area contributed by atoms with E-state index in [0.29, 0.717) is 19.4 Å². The van der Waals surface area contributed by atoms with Crippen molar-refractivity contribution in [3.05, 3.63) is 71.9 Å². The van der Waals surface area contributed by atoms with Crippen LogP contribution in [0, 0.1) is 11.8 Å². The molecule has 172 valence electrons. The van der Waals surface area contributed by atoms with Crippen molar-refractivity contribution >= 4 is 22.8 Å². The van der Waals surface area contributed by atoms with E-state index >= 15 is 0 Å². The first-order valence-corrected chi connectivity index (χ1v) is 11.8. The quantitative estimate of drug-likeness (QED) is 0.533. The number of piperidine rings is 1. The van der Waals surface area contributed by atoms with Gasteiger partial charge in [-0.25, -0.2) is 0 Å². The molecule has 2 aromatic carbocycles. The van der Waals surface area contributed by atoms with Gasteiger partial charge in [-0.1, -0.05) is 55.5 Å². The smallest absolute Gasteiger partial charge is 0.303 e. The first-order valence-electron chi connectivity index (χ1n) is 11.8. The number of carbonyl (C=O) groups excluding carboxylic acids is 2. The fraction of sp³-hybridized carbons (Fsp3) is 0.407. The molecule has 0 unspecified atom stereocenters. The molecule has 1 N–H and O–H groups in total. The summed E-state index contributed by atoms with van der Waals surface area (Å²) in [5, 5.41) is 1.08. The monoisotopic (exact) mass is 446 g/mol. The second kappa shape index (κ2) is 9.02. The molecule has 6 nitrogen and oxygen atoms in total. The van der Waals surface area contributed by atoms with Crippen LogP contribution in [0.25, 0.3) is 10.9 Å². The number of aromatic nitrogens is 1. The van der Waals surface area contributed by atoms with Crippen molar-refractivity contribution in [2.24, 2.45) is 11.8 Å². The lowest BCUT2D eigenvalue weighted by Crippen LogP contribution is -2.50. The molecular weight excluding hydrogens is 416 g/mol. The Morgan fingerprint density at radius 3 is 2.67 bits per heavy atom. The first-order chi connectivity index (χ1) is 16.0. The summed E-state index contributed by atoms with van der Waals surface area (Å²) in [6, 6.07) is 20.1. The molecule has 3 heterocycles. The molecule has 0 bridgehead atoms. The van der Waals surface area contributed by atoms with E-state index in [0.717, 1.165) is 28.6 Å². The minimum absolute atomic E-state index is 0.0447. The van der Waals surface area contributed by atoms with Crippen molar-refractivity contribution in [2.45, 2.75) is 51.5 Å². The van der Waals surface area contributed by atoms with E-state index in [1.54, 1.807) is 0 Å². The average Bonchev–Trinajstić information content (AvgIpc) is 3.44. The third kappa shape index (κ3) is 4.15. The average molecular weight is 447 g/mol. The zero-order valence-electron chi connectivity index (χ0n) is 19.1. The van der Waals surface area contributed by atoms with E-state index < -0.39 is 6.10 Å². The van der Waals surface area contributed by atoms with Gasteiger partial charge in [0.25, 0.3) is 0 Å². The lowest BCUT2D eigenvalue weighted by Gasteiger charge is -2.42. The van der Waals surface area contributed by atoms with Crippen molar-refractivity contribution in [3.63, 3.8) is 0 Å². The number of nitrogens with zero attached hydrogens (tertiary/aromatic N) is 1. The van der Waals surface area contributed by atoms with Crippen LogP contribution in [-0.2, 0) is 19.1 Å². The topological polar surface area (TPSA) is 71.6 Å². The molecule has 6 heteroatoms. The Bertz CT molecular complexity index is 1110. The minimum atomic E-state index is -0.431. The van der Waals surface area contributed by atoms with E-state index in [2.05, 4.69) is 24.0 Å². The molecule has 2 saturated heterocycles. The second-order valence-corrected chi connectivity index (χ2v) is 9.13.